The molecule has 2 heteroatoms. The quantitative estimate of drug-likeness (QED) is 0.311. The van der Waals surface area contributed by atoms with Gasteiger partial charge < -0.3 is 0 Å². The van der Waals surface area contributed by atoms with Gasteiger partial charge >= 0.3 is 0 Å². The van der Waals surface area contributed by atoms with E-state index in [-0.39, 0.29) is 17.5 Å². The molecule has 2 aliphatic carbocycles. The Morgan fingerprint density at radius 3 is 1.42 bits per heavy atom. The average molecular weight is 424 g/mol. The topological polar surface area (TPSA) is 34.1 Å². The summed E-state index contributed by atoms with van der Waals surface area (Å²) in [4.78, 5) is 27.9. The zero-order valence-corrected chi connectivity index (χ0v) is 17.9. The van der Waals surface area contributed by atoms with E-state index in [0.717, 1.165) is 49.4 Å². The zero-order valence-electron chi connectivity index (χ0n) is 17.9. The lowest BCUT2D eigenvalue weighted by atomic mass is 9.71. The molecular weight excluding hydrogens is 404 g/mol. The van der Waals surface area contributed by atoms with Crippen LogP contribution < -0.4 is 0 Å². The predicted molar refractivity (Wildman–Crippen MR) is 131 cm³/mol. The van der Waals surface area contributed by atoms with E-state index in [1.54, 1.807) is 0 Å². The molecule has 0 spiro atoms. The Hall–Kier alpha value is -4.04. The standard InChI is InChI=1S/C31H20O2/c32-30-23-16-6-12-18-10-4-14-21(25(18)23)28(30)27(20-8-2-1-3-9-20)29-22-15-5-11-19-13-7-17-24(26(19)22)31(29)33/h1-17,27-29H/t28-,29-/m0/s1. The van der Waals surface area contributed by atoms with Gasteiger partial charge in [-0.05, 0) is 38.2 Å². The fourth-order valence-corrected chi connectivity index (χ4v) is 6.25. The van der Waals surface area contributed by atoms with Crippen molar-refractivity contribution in [2.75, 3.05) is 0 Å². The number of hydrogen-bond donors (Lipinski definition) is 0. The smallest absolute Gasteiger partial charge is 0.171 e. The molecule has 0 heterocycles. The highest BCUT2D eigenvalue weighted by molar-refractivity contribution is 6.21. The second-order valence-corrected chi connectivity index (χ2v) is 9.12. The molecule has 5 aromatic rings. The minimum Gasteiger partial charge on any atom is -0.293 e. The molecule has 0 aliphatic heterocycles. The first-order valence-electron chi connectivity index (χ1n) is 11.4. The number of ketones is 2. The Labute approximate surface area is 191 Å². The molecule has 0 fully saturated rings. The normalized spacial score (nSPS) is 18.7. The summed E-state index contributed by atoms with van der Waals surface area (Å²) in [6, 6.07) is 34.4. The van der Waals surface area contributed by atoms with Crippen LogP contribution in [-0.2, 0) is 0 Å². The van der Waals surface area contributed by atoms with Gasteiger partial charge in [0.15, 0.2) is 11.6 Å². The second kappa shape index (κ2) is 6.73. The molecule has 7 rings (SSSR count). The van der Waals surface area contributed by atoms with Crippen molar-refractivity contribution in [1.29, 1.82) is 0 Å². The number of Topliss-reactive ketones (excluding diaryl/α,β-unsaturated/α-hetero) is 2. The zero-order chi connectivity index (χ0) is 22.1. The number of hydrogen-bond acceptors (Lipinski definition) is 2. The highest BCUT2D eigenvalue weighted by atomic mass is 16.1. The fourth-order valence-electron chi connectivity index (χ4n) is 6.25. The summed E-state index contributed by atoms with van der Waals surface area (Å²) in [6.07, 6.45) is 0. The van der Waals surface area contributed by atoms with Gasteiger partial charge in [0.1, 0.15) is 0 Å². The van der Waals surface area contributed by atoms with Crippen LogP contribution in [0.5, 0.6) is 0 Å². The Balaban J connectivity index is 1.51. The van der Waals surface area contributed by atoms with Gasteiger partial charge in [-0.3, -0.25) is 9.59 Å². The molecule has 2 atom stereocenters. The van der Waals surface area contributed by atoms with Gasteiger partial charge in [-0.25, -0.2) is 0 Å². The molecule has 0 amide bonds. The predicted octanol–water partition coefficient (Wildman–Crippen LogP) is 7.04. The largest absolute Gasteiger partial charge is 0.293 e. The summed E-state index contributed by atoms with van der Waals surface area (Å²) in [5, 5.41) is 4.24. The lowest BCUT2D eigenvalue weighted by Crippen LogP contribution is -2.25. The van der Waals surface area contributed by atoms with Crippen molar-refractivity contribution in [3.8, 4) is 0 Å². The van der Waals surface area contributed by atoms with E-state index in [4.69, 9.17) is 0 Å². The number of carbonyl (C=O) groups is 2. The van der Waals surface area contributed by atoms with Crippen molar-refractivity contribution in [2.24, 2.45) is 0 Å². The highest BCUT2D eigenvalue weighted by Crippen LogP contribution is 2.54. The van der Waals surface area contributed by atoms with Crippen molar-refractivity contribution in [3.63, 3.8) is 0 Å². The SMILES string of the molecule is O=C1c2cccc3cccc(c23)[C@H]1C(c1ccccc1)[C@H]1C(=O)c2cccc3cccc1c23. The molecule has 156 valence electrons. The summed E-state index contributed by atoms with van der Waals surface area (Å²) in [7, 11) is 0. The molecule has 0 saturated carbocycles. The maximum absolute atomic E-state index is 14.0. The van der Waals surface area contributed by atoms with E-state index in [1.165, 1.54) is 0 Å². The Morgan fingerprint density at radius 2 is 0.939 bits per heavy atom. The van der Waals surface area contributed by atoms with Crippen LogP contribution in [0.25, 0.3) is 21.5 Å². The Bertz CT molecular complexity index is 1500. The molecule has 0 unspecified atom stereocenters. The van der Waals surface area contributed by atoms with Gasteiger partial charge in [-0.1, -0.05) is 103 Å². The highest BCUT2D eigenvalue weighted by Gasteiger charge is 2.47. The monoisotopic (exact) mass is 424 g/mol. The number of rotatable bonds is 3. The van der Waals surface area contributed by atoms with Crippen LogP contribution in [0.4, 0.5) is 0 Å². The third-order valence-corrected chi connectivity index (χ3v) is 7.54. The van der Waals surface area contributed by atoms with Crippen molar-refractivity contribution >= 4 is 33.1 Å². The fraction of sp³-hybridized carbons (Fsp3) is 0.0968. The molecule has 0 bridgehead atoms. The van der Waals surface area contributed by atoms with Crippen LogP contribution in [-0.4, -0.2) is 11.6 Å². The summed E-state index contributed by atoms with van der Waals surface area (Å²) in [6.45, 7) is 0. The lowest BCUT2D eigenvalue weighted by Gasteiger charge is -2.29. The molecule has 2 nitrogen and oxygen atoms in total. The van der Waals surface area contributed by atoms with Crippen LogP contribution in [0.15, 0.2) is 103 Å². The molecule has 2 aliphatic rings. The maximum atomic E-state index is 14.0. The van der Waals surface area contributed by atoms with Crippen LogP contribution in [0.1, 0.15) is 55.2 Å². The van der Waals surface area contributed by atoms with E-state index in [9.17, 15) is 9.59 Å². The number of carbonyl (C=O) groups excluding carboxylic acids is 2. The van der Waals surface area contributed by atoms with Crippen LogP contribution in [0.3, 0.4) is 0 Å². The van der Waals surface area contributed by atoms with E-state index >= 15 is 0 Å². The van der Waals surface area contributed by atoms with Crippen molar-refractivity contribution in [3.05, 3.63) is 131 Å². The Kier molecular flexibility index (Phi) is 3.78. The second-order valence-electron chi connectivity index (χ2n) is 9.12. The first-order valence-corrected chi connectivity index (χ1v) is 11.4. The van der Waals surface area contributed by atoms with Gasteiger partial charge in [0.2, 0.25) is 0 Å². The molecule has 0 N–H and O–H groups in total. The molecule has 5 aromatic carbocycles. The number of benzene rings is 5. The maximum Gasteiger partial charge on any atom is 0.171 e. The summed E-state index contributed by atoms with van der Waals surface area (Å²) < 4.78 is 0. The van der Waals surface area contributed by atoms with E-state index in [2.05, 4.69) is 48.5 Å². The van der Waals surface area contributed by atoms with Gasteiger partial charge in [-0.15, -0.1) is 0 Å². The summed E-state index contributed by atoms with van der Waals surface area (Å²) in [5.41, 5.74) is 4.66. The molecule has 0 saturated heterocycles. The average Bonchev–Trinajstić information content (AvgIpc) is 3.31. The van der Waals surface area contributed by atoms with Crippen molar-refractivity contribution in [2.45, 2.75) is 17.8 Å². The van der Waals surface area contributed by atoms with Crippen LogP contribution >= 0.6 is 0 Å². The molecule has 0 radical (unpaired) electrons. The lowest BCUT2D eigenvalue weighted by molar-refractivity contribution is 0.0911. The van der Waals surface area contributed by atoms with E-state index in [0.29, 0.717) is 0 Å². The van der Waals surface area contributed by atoms with E-state index in [1.807, 2.05) is 54.6 Å². The first-order chi connectivity index (χ1) is 16.2. The van der Waals surface area contributed by atoms with Gasteiger partial charge in [0.25, 0.3) is 0 Å². The molecule has 33 heavy (non-hydrogen) atoms. The van der Waals surface area contributed by atoms with Crippen LogP contribution in [0.2, 0.25) is 0 Å². The van der Waals surface area contributed by atoms with Crippen molar-refractivity contribution < 1.29 is 9.59 Å². The van der Waals surface area contributed by atoms with E-state index < -0.39 is 11.8 Å². The van der Waals surface area contributed by atoms with Gasteiger partial charge in [0.05, 0.1) is 11.8 Å². The van der Waals surface area contributed by atoms with Crippen molar-refractivity contribution in [1.82, 2.24) is 0 Å². The summed E-state index contributed by atoms with van der Waals surface area (Å²) >= 11 is 0. The van der Waals surface area contributed by atoms with Crippen LogP contribution in [0, 0.1) is 0 Å². The summed E-state index contributed by atoms with van der Waals surface area (Å²) in [5.74, 6) is -0.834. The third-order valence-electron chi connectivity index (χ3n) is 7.54. The minimum absolute atomic E-state index is 0.117. The Morgan fingerprint density at radius 1 is 0.485 bits per heavy atom. The molecule has 0 aromatic heterocycles. The minimum atomic E-state index is -0.396. The van der Waals surface area contributed by atoms with Gasteiger partial charge in [-0.2, -0.15) is 0 Å². The first kappa shape index (κ1) is 18.5. The molecular formula is C31H20O2. The van der Waals surface area contributed by atoms with Gasteiger partial charge in [0, 0.05) is 17.0 Å². The third kappa shape index (κ3) is 2.44.